The molecule has 1 heterocycles. The summed E-state index contributed by atoms with van der Waals surface area (Å²) >= 11 is 0. The predicted octanol–water partition coefficient (Wildman–Crippen LogP) is 3.44. The second-order valence-electron chi connectivity index (χ2n) is 3.88. The number of carbonyl (C=O) groups excluding carboxylic acids is 1. The van der Waals surface area contributed by atoms with Crippen molar-refractivity contribution >= 4 is 5.91 Å². The molecule has 0 aliphatic heterocycles. The minimum atomic E-state index is -0.453. The van der Waals surface area contributed by atoms with Crippen molar-refractivity contribution in [2.45, 2.75) is 27.2 Å². The highest BCUT2D eigenvalue weighted by molar-refractivity contribution is 5.93. The molecule has 1 aromatic heterocycles. The minimum absolute atomic E-state index is 0.435. The topological polar surface area (TPSA) is 56.0 Å². The SMILES string of the molecule is CC.CCc1cccc(-c2cncc(C(N)=O)c2)c1. The van der Waals surface area contributed by atoms with E-state index in [1.165, 1.54) is 11.8 Å². The monoisotopic (exact) mass is 256 g/mol. The Balaban J connectivity index is 0.000000861. The summed E-state index contributed by atoms with van der Waals surface area (Å²) in [7, 11) is 0. The Bertz CT molecular complexity index is 550. The molecule has 2 N–H and O–H groups in total. The number of hydrogen-bond donors (Lipinski definition) is 1. The Morgan fingerprint density at radius 2 is 1.89 bits per heavy atom. The summed E-state index contributed by atoms with van der Waals surface area (Å²) in [6, 6.07) is 9.95. The number of primary amides is 1. The van der Waals surface area contributed by atoms with E-state index in [9.17, 15) is 4.79 Å². The van der Waals surface area contributed by atoms with E-state index in [1.54, 1.807) is 12.3 Å². The Labute approximate surface area is 114 Å². The molecule has 0 radical (unpaired) electrons. The zero-order chi connectivity index (χ0) is 14.3. The maximum absolute atomic E-state index is 11.1. The van der Waals surface area contributed by atoms with Crippen LogP contribution in [0.15, 0.2) is 42.7 Å². The summed E-state index contributed by atoms with van der Waals surface area (Å²) < 4.78 is 0. The molecule has 19 heavy (non-hydrogen) atoms. The van der Waals surface area contributed by atoms with E-state index in [-0.39, 0.29) is 0 Å². The molecule has 0 fully saturated rings. The van der Waals surface area contributed by atoms with Crippen molar-refractivity contribution in [1.82, 2.24) is 4.98 Å². The average Bonchev–Trinajstić information content (AvgIpc) is 2.49. The Morgan fingerprint density at radius 1 is 1.16 bits per heavy atom. The van der Waals surface area contributed by atoms with Gasteiger partial charge in [0.1, 0.15) is 0 Å². The van der Waals surface area contributed by atoms with E-state index < -0.39 is 5.91 Å². The first-order valence-electron chi connectivity index (χ1n) is 6.55. The first-order chi connectivity index (χ1) is 9.20. The second-order valence-corrected chi connectivity index (χ2v) is 3.88. The largest absolute Gasteiger partial charge is 0.366 e. The molecule has 0 aliphatic rings. The minimum Gasteiger partial charge on any atom is -0.366 e. The number of aromatic nitrogens is 1. The first kappa shape index (κ1) is 14.9. The van der Waals surface area contributed by atoms with Crippen molar-refractivity contribution in [3.05, 3.63) is 53.9 Å². The van der Waals surface area contributed by atoms with Crippen LogP contribution in [0.1, 0.15) is 36.7 Å². The van der Waals surface area contributed by atoms with Crippen molar-refractivity contribution in [2.75, 3.05) is 0 Å². The summed E-state index contributed by atoms with van der Waals surface area (Å²) in [6.45, 7) is 6.11. The standard InChI is InChI=1S/C14H14N2O.C2H6/c1-2-10-4-3-5-11(6-10)12-7-13(14(15)17)9-16-8-12;1-2/h3-9H,2H2,1H3,(H2,15,17);1-2H3. The molecule has 0 unspecified atom stereocenters. The molecule has 3 nitrogen and oxygen atoms in total. The number of pyridine rings is 1. The Kier molecular flexibility index (Phi) is 5.73. The van der Waals surface area contributed by atoms with Gasteiger partial charge in [-0.3, -0.25) is 9.78 Å². The van der Waals surface area contributed by atoms with Gasteiger partial charge in [-0.05, 0) is 23.6 Å². The second kappa shape index (κ2) is 7.31. The summed E-state index contributed by atoms with van der Waals surface area (Å²) in [5.74, 6) is -0.453. The van der Waals surface area contributed by atoms with Crippen molar-refractivity contribution < 1.29 is 4.79 Å². The van der Waals surface area contributed by atoms with Gasteiger partial charge in [-0.2, -0.15) is 0 Å². The van der Waals surface area contributed by atoms with Gasteiger partial charge in [0.2, 0.25) is 5.91 Å². The van der Waals surface area contributed by atoms with Gasteiger partial charge in [-0.15, -0.1) is 0 Å². The average molecular weight is 256 g/mol. The van der Waals surface area contributed by atoms with Crippen LogP contribution < -0.4 is 5.73 Å². The lowest BCUT2D eigenvalue weighted by Gasteiger charge is -2.04. The van der Waals surface area contributed by atoms with Gasteiger partial charge >= 0.3 is 0 Å². The highest BCUT2D eigenvalue weighted by atomic mass is 16.1. The molecule has 1 amide bonds. The fourth-order valence-corrected chi connectivity index (χ4v) is 1.70. The lowest BCUT2D eigenvalue weighted by Crippen LogP contribution is -2.11. The Morgan fingerprint density at radius 3 is 2.53 bits per heavy atom. The smallest absolute Gasteiger partial charge is 0.250 e. The zero-order valence-corrected chi connectivity index (χ0v) is 11.7. The van der Waals surface area contributed by atoms with Crippen LogP contribution in [0, 0.1) is 0 Å². The predicted molar refractivity (Wildman–Crippen MR) is 78.9 cm³/mol. The van der Waals surface area contributed by atoms with Crippen LogP contribution in [0.5, 0.6) is 0 Å². The number of nitrogens with two attached hydrogens (primary N) is 1. The molecular weight excluding hydrogens is 236 g/mol. The van der Waals surface area contributed by atoms with Crippen LogP contribution in [0.4, 0.5) is 0 Å². The fourth-order valence-electron chi connectivity index (χ4n) is 1.70. The highest BCUT2D eigenvalue weighted by Gasteiger charge is 2.04. The maximum atomic E-state index is 11.1. The highest BCUT2D eigenvalue weighted by Crippen LogP contribution is 2.20. The van der Waals surface area contributed by atoms with E-state index in [0.29, 0.717) is 5.56 Å². The van der Waals surface area contributed by atoms with Crippen molar-refractivity contribution in [1.29, 1.82) is 0 Å². The number of carbonyl (C=O) groups is 1. The molecule has 2 aromatic rings. The van der Waals surface area contributed by atoms with Gasteiger partial charge in [0.15, 0.2) is 0 Å². The summed E-state index contributed by atoms with van der Waals surface area (Å²) in [5, 5.41) is 0. The molecule has 3 heteroatoms. The molecule has 0 atom stereocenters. The normalized spacial score (nSPS) is 9.42. The van der Waals surface area contributed by atoms with Crippen LogP contribution in [-0.2, 0) is 6.42 Å². The number of aryl methyl sites for hydroxylation is 1. The molecule has 2 rings (SSSR count). The van der Waals surface area contributed by atoms with Crippen molar-refractivity contribution in [3.63, 3.8) is 0 Å². The molecule has 0 saturated carbocycles. The lowest BCUT2D eigenvalue weighted by atomic mass is 10.0. The van der Waals surface area contributed by atoms with E-state index >= 15 is 0 Å². The maximum Gasteiger partial charge on any atom is 0.250 e. The first-order valence-corrected chi connectivity index (χ1v) is 6.55. The molecular formula is C16H20N2O. The van der Waals surface area contributed by atoms with Gasteiger partial charge in [-0.25, -0.2) is 0 Å². The van der Waals surface area contributed by atoms with E-state index in [2.05, 4.69) is 24.0 Å². The molecule has 0 aliphatic carbocycles. The van der Waals surface area contributed by atoms with Crippen molar-refractivity contribution in [2.24, 2.45) is 5.73 Å². The quantitative estimate of drug-likeness (QED) is 0.914. The third-order valence-corrected chi connectivity index (χ3v) is 2.69. The van der Waals surface area contributed by atoms with Crippen LogP contribution in [0.3, 0.4) is 0 Å². The Hall–Kier alpha value is -2.16. The van der Waals surface area contributed by atoms with Crippen LogP contribution in [0.25, 0.3) is 11.1 Å². The summed E-state index contributed by atoms with van der Waals surface area (Å²) in [5.41, 5.74) is 8.90. The third-order valence-electron chi connectivity index (χ3n) is 2.69. The zero-order valence-electron chi connectivity index (χ0n) is 11.7. The van der Waals surface area contributed by atoms with Gasteiger partial charge in [-0.1, -0.05) is 45.0 Å². The van der Waals surface area contributed by atoms with Crippen molar-refractivity contribution in [3.8, 4) is 11.1 Å². The van der Waals surface area contributed by atoms with Crippen LogP contribution >= 0.6 is 0 Å². The summed E-state index contributed by atoms with van der Waals surface area (Å²) in [4.78, 5) is 15.1. The van der Waals surface area contributed by atoms with E-state index in [1.807, 2.05) is 26.0 Å². The number of benzene rings is 1. The number of nitrogens with zero attached hydrogens (tertiary/aromatic N) is 1. The number of rotatable bonds is 3. The lowest BCUT2D eigenvalue weighted by molar-refractivity contribution is 0.1000. The van der Waals surface area contributed by atoms with E-state index in [4.69, 9.17) is 5.73 Å². The molecule has 100 valence electrons. The van der Waals surface area contributed by atoms with Gasteiger partial charge in [0.25, 0.3) is 0 Å². The number of hydrogen-bond acceptors (Lipinski definition) is 2. The fraction of sp³-hybridized carbons (Fsp3) is 0.250. The van der Waals surface area contributed by atoms with E-state index in [0.717, 1.165) is 17.5 Å². The molecule has 0 spiro atoms. The molecule has 1 aromatic carbocycles. The van der Waals surface area contributed by atoms with Gasteiger partial charge < -0.3 is 5.73 Å². The summed E-state index contributed by atoms with van der Waals surface area (Å²) in [6.07, 6.45) is 4.20. The molecule has 0 saturated heterocycles. The third kappa shape index (κ3) is 3.91. The molecule has 0 bridgehead atoms. The van der Waals surface area contributed by atoms with Crippen LogP contribution in [0.2, 0.25) is 0 Å². The van der Waals surface area contributed by atoms with Gasteiger partial charge in [0.05, 0.1) is 5.56 Å². The van der Waals surface area contributed by atoms with Crippen LogP contribution in [-0.4, -0.2) is 10.9 Å². The number of amides is 1. The van der Waals surface area contributed by atoms with Gasteiger partial charge in [0, 0.05) is 18.0 Å².